The van der Waals surface area contributed by atoms with Gasteiger partial charge < -0.3 is 9.84 Å². The van der Waals surface area contributed by atoms with Crippen LogP contribution in [-0.4, -0.2) is 33.4 Å². The van der Waals surface area contributed by atoms with Crippen molar-refractivity contribution in [1.82, 2.24) is 10.4 Å². The minimum absolute atomic E-state index is 0.00961. The fourth-order valence-corrected chi connectivity index (χ4v) is 3.62. The molecular formula is C19H16N2O4S2. The van der Waals surface area contributed by atoms with E-state index >= 15 is 0 Å². The molecule has 1 aliphatic rings. The lowest BCUT2D eigenvalue weighted by atomic mass is 10.1. The third kappa shape index (κ3) is 4.47. The summed E-state index contributed by atoms with van der Waals surface area (Å²) in [6, 6.07) is 14.0. The zero-order chi connectivity index (χ0) is 19.4. The summed E-state index contributed by atoms with van der Waals surface area (Å²) in [7, 11) is 1.45. The summed E-state index contributed by atoms with van der Waals surface area (Å²) in [6.07, 6.45) is 1.77. The van der Waals surface area contributed by atoms with Crippen LogP contribution in [0.25, 0.3) is 6.08 Å². The highest BCUT2D eigenvalue weighted by atomic mass is 32.2. The van der Waals surface area contributed by atoms with Crippen LogP contribution in [-0.2, 0) is 16.0 Å². The molecule has 2 aromatic carbocycles. The maximum absolute atomic E-state index is 12.6. The van der Waals surface area contributed by atoms with Crippen LogP contribution in [0.5, 0.6) is 11.5 Å². The number of hydrogen-bond donors (Lipinski definition) is 2. The molecule has 0 spiro atoms. The van der Waals surface area contributed by atoms with E-state index in [0.717, 1.165) is 22.3 Å². The number of nitrogens with one attached hydrogen (secondary N) is 1. The first-order chi connectivity index (χ1) is 13.0. The van der Waals surface area contributed by atoms with E-state index in [1.54, 1.807) is 18.2 Å². The summed E-state index contributed by atoms with van der Waals surface area (Å²) in [4.78, 5) is 25.2. The number of thiocarbonyl (C=S) groups is 1. The Kier molecular flexibility index (Phi) is 5.78. The molecule has 2 N–H and O–H groups in total. The van der Waals surface area contributed by atoms with Gasteiger partial charge in [-0.2, -0.15) is 5.01 Å². The number of carbonyl (C=O) groups excluding carboxylic acids is 2. The second kappa shape index (κ2) is 8.24. The topological polar surface area (TPSA) is 78.9 Å². The maximum Gasteiger partial charge on any atom is 0.285 e. The summed E-state index contributed by atoms with van der Waals surface area (Å²) in [5.74, 6) is -0.422. The predicted molar refractivity (Wildman–Crippen MR) is 108 cm³/mol. The molecule has 0 aliphatic carbocycles. The van der Waals surface area contributed by atoms with Crippen molar-refractivity contribution in [3.8, 4) is 11.5 Å². The Bertz CT molecular complexity index is 929. The van der Waals surface area contributed by atoms with E-state index < -0.39 is 5.91 Å². The number of ether oxygens (including phenoxy) is 1. The van der Waals surface area contributed by atoms with Crippen LogP contribution >= 0.6 is 24.0 Å². The number of hydrazine groups is 1. The van der Waals surface area contributed by atoms with Gasteiger partial charge in [0.1, 0.15) is 0 Å². The van der Waals surface area contributed by atoms with E-state index in [9.17, 15) is 14.7 Å². The molecule has 138 valence electrons. The average Bonchev–Trinajstić information content (AvgIpc) is 2.91. The van der Waals surface area contributed by atoms with Crippen molar-refractivity contribution in [1.29, 1.82) is 0 Å². The zero-order valence-electron chi connectivity index (χ0n) is 14.3. The summed E-state index contributed by atoms with van der Waals surface area (Å²) < 4.78 is 5.31. The number of phenolic OH excluding ortho intramolecular Hbond substituents is 1. The van der Waals surface area contributed by atoms with Gasteiger partial charge in [-0.15, -0.1) is 0 Å². The molecule has 8 heteroatoms. The van der Waals surface area contributed by atoms with Gasteiger partial charge in [-0.25, -0.2) is 0 Å². The Hall–Kier alpha value is -2.84. The van der Waals surface area contributed by atoms with Crippen LogP contribution in [0, 0.1) is 0 Å². The average molecular weight is 400 g/mol. The third-order valence-electron chi connectivity index (χ3n) is 3.74. The number of phenols is 1. The van der Waals surface area contributed by atoms with Gasteiger partial charge in [-0.3, -0.25) is 15.0 Å². The van der Waals surface area contributed by atoms with E-state index in [2.05, 4.69) is 5.43 Å². The van der Waals surface area contributed by atoms with Crippen LogP contribution < -0.4 is 10.2 Å². The molecule has 6 nitrogen and oxygen atoms in total. The molecule has 1 saturated heterocycles. The predicted octanol–water partition coefficient (Wildman–Crippen LogP) is 2.88. The van der Waals surface area contributed by atoms with Crippen molar-refractivity contribution in [2.24, 2.45) is 0 Å². The lowest BCUT2D eigenvalue weighted by Gasteiger charge is -2.15. The second-order valence-electron chi connectivity index (χ2n) is 5.65. The Balaban J connectivity index is 1.72. The molecule has 0 aromatic heterocycles. The summed E-state index contributed by atoms with van der Waals surface area (Å²) in [6.45, 7) is 0. The van der Waals surface area contributed by atoms with Gasteiger partial charge >= 0.3 is 0 Å². The third-order valence-corrected chi connectivity index (χ3v) is 5.04. The van der Waals surface area contributed by atoms with Gasteiger partial charge in [-0.05, 0) is 41.6 Å². The lowest BCUT2D eigenvalue weighted by molar-refractivity contribution is -0.132. The number of aromatic hydroxyl groups is 1. The van der Waals surface area contributed by atoms with Crippen molar-refractivity contribution >= 4 is 46.2 Å². The molecule has 3 rings (SSSR count). The van der Waals surface area contributed by atoms with Gasteiger partial charge in [0.25, 0.3) is 5.91 Å². The first kappa shape index (κ1) is 18.9. The highest BCUT2D eigenvalue weighted by Crippen LogP contribution is 2.33. The van der Waals surface area contributed by atoms with Crippen LogP contribution in [0.15, 0.2) is 53.4 Å². The minimum Gasteiger partial charge on any atom is -0.504 e. The molecule has 0 unspecified atom stereocenters. The van der Waals surface area contributed by atoms with Crippen molar-refractivity contribution in [3.63, 3.8) is 0 Å². The highest BCUT2D eigenvalue weighted by Gasteiger charge is 2.33. The smallest absolute Gasteiger partial charge is 0.285 e. The molecule has 0 bridgehead atoms. The lowest BCUT2D eigenvalue weighted by Crippen LogP contribution is -2.45. The van der Waals surface area contributed by atoms with Crippen LogP contribution in [0.3, 0.4) is 0 Å². The zero-order valence-corrected chi connectivity index (χ0v) is 16.0. The van der Waals surface area contributed by atoms with Gasteiger partial charge in [0, 0.05) is 0 Å². The number of thioether (sulfide) groups is 1. The summed E-state index contributed by atoms with van der Waals surface area (Å²) >= 11 is 6.30. The van der Waals surface area contributed by atoms with Crippen molar-refractivity contribution < 1.29 is 19.4 Å². The van der Waals surface area contributed by atoms with Crippen molar-refractivity contribution in [2.45, 2.75) is 6.42 Å². The van der Waals surface area contributed by atoms with E-state index in [4.69, 9.17) is 17.0 Å². The van der Waals surface area contributed by atoms with Gasteiger partial charge in [0.15, 0.2) is 15.8 Å². The Labute approximate surface area is 165 Å². The van der Waals surface area contributed by atoms with E-state index in [1.165, 1.54) is 13.2 Å². The van der Waals surface area contributed by atoms with Gasteiger partial charge in [-0.1, -0.05) is 48.2 Å². The van der Waals surface area contributed by atoms with E-state index in [0.29, 0.717) is 16.2 Å². The number of carbonyl (C=O) groups is 2. The summed E-state index contributed by atoms with van der Waals surface area (Å²) in [5.41, 5.74) is 4.06. The fourth-order valence-electron chi connectivity index (χ4n) is 2.44. The SMILES string of the molecule is COc1cc(/C=C2\SC(=S)N(NC(=O)Cc3ccccc3)C2=O)ccc1O. The molecule has 27 heavy (non-hydrogen) atoms. The standard InChI is InChI=1S/C19H16N2O4S2/c1-25-15-9-13(7-8-14(15)22)10-16-18(24)21(19(26)27-16)20-17(23)11-12-5-3-2-4-6-12/h2-10,22H,11H2,1H3,(H,20,23)/b16-10-. The Morgan fingerprint density at radius 3 is 2.74 bits per heavy atom. The van der Waals surface area contributed by atoms with Crippen LogP contribution in [0.4, 0.5) is 0 Å². The molecule has 1 fully saturated rings. The highest BCUT2D eigenvalue weighted by molar-refractivity contribution is 8.26. The maximum atomic E-state index is 12.6. The first-order valence-corrected chi connectivity index (χ1v) is 9.19. The molecule has 2 amide bonds. The van der Waals surface area contributed by atoms with Crippen molar-refractivity contribution in [2.75, 3.05) is 7.11 Å². The number of nitrogens with zero attached hydrogens (tertiary/aromatic N) is 1. The van der Waals surface area contributed by atoms with E-state index in [-0.39, 0.29) is 22.4 Å². The molecule has 0 atom stereocenters. The summed E-state index contributed by atoms with van der Waals surface area (Å²) in [5, 5.41) is 10.7. The quantitative estimate of drug-likeness (QED) is 0.594. The molecule has 1 aliphatic heterocycles. The van der Waals surface area contributed by atoms with Crippen LogP contribution in [0.2, 0.25) is 0 Å². The second-order valence-corrected chi connectivity index (χ2v) is 7.32. The normalized spacial score (nSPS) is 15.3. The number of hydrogen-bond acceptors (Lipinski definition) is 6. The Morgan fingerprint density at radius 1 is 1.30 bits per heavy atom. The van der Waals surface area contributed by atoms with Crippen LogP contribution in [0.1, 0.15) is 11.1 Å². The molecular weight excluding hydrogens is 384 g/mol. The largest absolute Gasteiger partial charge is 0.504 e. The number of rotatable bonds is 5. The number of benzene rings is 2. The van der Waals surface area contributed by atoms with Gasteiger partial charge in [0.2, 0.25) is 5.91 Å². The van der Waals surface area contributed by atoms with Gasteiger partial charge in [0.05, 0.1) is 18.4 Å². The molecule has 0 radical (unpaired) electrons. The molecule has 0 saturated carbocycles. The minimum atomic E-state index is -0.404. The molecule has 1 heterocycles. The fraction of sp³-hybridized carbons (Fsp3) is 0.105. The number of amides is 2. The first-order valence-electron chi connectivity index (χ1n) is 7.96. The van der Waals surface area contributed by atoms with E-state index in [1.807, 2.05) is 30.3 Å². The Morgan fingerprint density at radius 2 is 2.04 bits per heavy atom. The van der Waals surface area contributed by atoms with Crippen molar-refractivity contribution in [3.05, 3.63) is 64.6 Å². The number of methoxy groups -OCH3 is 1. The monoisotopic (exact) mass is 400 g/mol. The molecule has 2 aromatic rings.